The quantitative estimate of drug-likeness (QED) is 0.442. The molecular weight excluding hydrogens is 374 g/mol. The highest BCUT2D eigenvalue weighted by molar-refractivity contribution is 7.89. The molecule has 9 nitrogen and oxygen atoms in total. The van der Waals surface area contributed by atoms with Crippen LogP contribution in [0.3, 0.4) is 0 Å². The molecule has 0 aliphatic carbocycles. The Labute approximate surface area is 158 Å². The summed E-state index contributed by atoms with van der Waals surface area (Å²) in [7, 11) is -3.71. The van der Waals surface area contributed by atoms with Gasteiger partial charge in [-0.1, -0.05) is 6.08 Å². The van der Waals surface area contributed by atoms with E-state index >= 15 is 0 Å². The van der Waals surface area contributed by atoms with E-state index in [1.807, 2.05) is 0 Å². The number of rotatable bonds is 8. The maximum Gasteiger partial charge on any atom is 0.338 e. The zero-order chi connectivity index (χ0) is 20.6. The van der Waals surface area contributed by atoms with Crippen molar-refractivity contribution >= 4 is 27.9 Å². The highest BCUT2D eigenvalue weighted by Crippen LogP contribution is 2.12. The predicted molar refractivity (Wildman–Crippen MR) is 98.5 cm³/mol. The lowest BCUT2D eigenvalue weighted by molar-refractivity contribution is -0.127. The molecule has 3 amide bonds. The fraction of sp³-hybridized carbons (Fsp3) is 0.353. The first kappa shape index (κ1) is 22.3. The number of ether oxygens (including phenoxy) is 1. The molecule has 0 saturated heterocycles. The van der Waals surface area contributed by atoms with Crippen LogP contribution in [0.15, 0.2) is 41.8 Å². The standard InChI is InChI=1S/C17H23N3O6S/c1-5-10-18-27(24,25)14-8-6-13(7-9-14)16(22)26-12(4)15(21)20-17(23)19-11(2)3/h5-9,11-12,18H,1,10H2,2-4H3,(H2,19,20,21,23)/t12-/m0/s1. The molecule has 10 heteroatoms. The van der Waals surface area contributed by atoms with Gasteiger partial charge < -0.3 is 10.1 Å². The summed E-state index contributed by atoms with van der Waals surface area (Å²) in [5, 5.41) is 4.52. The Kier molecular flexibility index (Phi) is 8.13. The molecule has 1 aromatic carbocycles. The van der Waals surface area contributed by atoms with Crippen LogP contribution >= 0.6 is 0 Å². The zero-order valence-electron chi connectivity index (χ0n) is 15.3. The Morgan fingerprint density at radius 3 is 2.26 bits per heavy atom. The van der Waals surface area contributed by atoms with Crippen molar-refractivity contribution < 1.29 is 27.5 Å². The van der Waals surface area contributed by atoms with Crippen LogP contribution < -0.4 is 15.4 Å². The summed E-state index contributed by atoms with van der Waals surface area (Å²) in [6.07, 6.45) is 0.185. The van der Waals surface area contributed by atoms with Crippen LogP contribution in [0, 0.1) is 0 Å². The molecule has 1 aromatic rings. The van der Waals surface area contributed by atoms with Crippen molar-refractivity contribution in [1.82, 2.24) is 15.4 Å². The van der Waals surface area contributed by atoms with Gasteiger partial charge in [-0.25, -0.2) is 22.7 Å². The molecule has 0 heterocycles. The average Bonchev–Trinajstić information content (AvgIpc) is 2.59. The minimum absolute atomic E-state index is 0.0305. The van der Waals surface area contributed by atoms with Crippen LogP contribution in [-0.2, 0) is 19.6 Å². The zero-order valence-corrected chi connectivity index (χ0v) is 16.1. The molecular formula is C17H23N3O6S. The first-order chi connectivity index (χ1) is 12.6. The van der Waals surface area contributed by atoms with Crippen molar-refractivity contribution in [1.29, 1.82) is 0 Å². The van der Waals surface area contributed by atoms with E-state index in [4.69, 9.17) is 4.74 Å². The first-order valence-electron chi connectivity index (χ1n) is 8.09. The minimum Gasteiger partial charge on any atom is -0.449 e. The van der Waals surface area contributed by atoms with Gasteiger partial charge in [-0.3, -0.25) is 10.1 Å². The summed E-state index contributed by atoms with van der Waals surface area (Å²) in [6.45, 7) is 8.26. The molecule has 1 atom stereocenters. The van der Waals surface area contributed by atoms with Crippen LogP contribution in [0.1, 0.15) is 31.1 Å². The number of carbonyl (C=O) groups excluding carboxylic acids is 3. The topological polar surface area (TPSA) is 131 Å². The molecule has 27 heavy (non-hydrogen) atoms. The van der Waals surface area contributed by atoms with Gasteiger partial charge in [0, 0.05) is 12.6 Å². The Balaban J connectivity index is 2.70. The van der Waals surface area contributed by atoms with Crippen LogP contribution in [-0.4, -0.2) is 45.0 Å². The lowest BCUT2D eigenvalue weighted by Gasteiger charge is -2.14. The van der Waals surface area contributed by atoms with Crippen LogP contribution in [0.25, 0.3) is 0 Å². The number of carbonyl (C=O) groups is 3. The van der Waals surface area contributed by atoms with Crippen LogP contribution in [0.2, 0.25) is 0 Å². The molecule has 148 valence electrons. The first-order valence-corrected chi connectivity index (χ1v) is 9.58. The number of amides is 3. The highest BCUT2D eigenvalue weighted by atomic mass is 32.2. The molecule has 0 saturated carbocycles. The van der Waals surface area contributed by atoms with Gasteiger partial charge in [0.1, 0.15) is 0 Å². The normalized spacial score (nSPS) is 12.1. The summed E-state index contributed by atoms with van der Waals surface area (Å²) in [4.78, 5) is 35.4. The maximum atomic E-state index is 12.1. The molecule has 0 fully saturated rings. The molecule has 0 aliphatic rings. The van der Waals surface area contributed by atoms with Crippen molar-refractivity contribution in [2.45, 2.75) is 37.8 Å². The van der Waals surface area contributed by atoms with Crippen molar-refractivity contribution in [3.05, 3.63) is 42.5 Å². The van der Waals surface area contributed by atoms with Gasteiger partial charge in [0.25, 0.3) is 5.91 Å². The Bertz CT molecular complexity index is 802. The lowest BCUT2D eigenvalue weighted by Crippen LogP contribution is -2.46. The monoisotopic (exact) mass is 397 g/mol. The van der Waals surface area contributed by atoms with Gasteiger partial charge in [0.15, 0.2) is 6.10 Å². The number of hydrogen-bond acceptors (Lipinski definition) is 6. The predicted octanol–water partition coefficient (Wildman–Crippen LogP) is 0.930. The van der Waals surface area contributed by atoms with Crippen molar-refractivity contribution in [3.8, 4) is 0 Å². The Hall–Kier alpha value is -2.72. The minimum atomic E-state index is -3.71. The van der Waals surface area contributed by atoms with E-state index in [0.29, 0.717) is 0 Å². The molecule has 0 unspecified atom stereocenters. The number of hydrogen-bond donors (Lipinski definition) is 3. The second-order valence-corrected chi connectivity index (χ2v) is 7.60. The lowest BCUT2D eigenvalue weighted by atomic mass is 10.2. The average molecular weight is 397 g/mol. The molecule has 0 radical (unpaired) electrons. The largest absolute Gasteiger partial charge is 0.449 e. The van der Waals surface area contributed by atoms with Gasteiger partial charge >= 0.3 is 12.0 Å². The van der Waals surface area contributed by atoms with Gasteiger partial charge in [-0.05, 0) is 45.0 Å². The van der Waals surface area contributed by atoms with E-state index < -0.39 is 34.0 Å². The molecule has 1 rings (SSSR count). The van der Waals surface area contributed by atoms with Gasteiger partial charge in [0.2, 0.25) is 10.0 Å². The second-order valence-electron chi connectivity index (χ2n) is 5.83. The van der Waals surface area contributed by atoms with E-state index in [1.165, 1.54) is 37.3 Å². The molecule has 0 aliphatic heterocycles. The van der Waals surface area contributed by atoms with Crippen molar-refractivity contribution in [2.75, 3.05) is 6.54 Å². The molecule has 0 aromatic heterocycles. The molecule has 0 spiro atoms. The van der Waals surface area contributed by atoms with E-state index in [1.54, 1.807) is 13.8 Å². The smallest absolute Gasteiger partial charge is 0.338 e. The van der Waals surface area contributed by atoms with E-state index in [0.717, 1.165) is 0 Å². The number of sulfonamides is 1. The second kappa shape index (κ2) is 9.83. The van der Waals surface area contributed by atoms with Crippen molar-refractivity contribution in [2.24, 2.45) is 0 Å². The van der Waals surface area contributed by atoms with Gasteiger partial charge in [-0.2, -0.15) is 0 Å². The van der Waals surface area contributed by atoms with Crippen molar-refractivity contribution in [3.63, 3.8) is 0 Å². The fourth-order valence-corrected chi connectivity index (χ4v) is 2.81. The third-order valence-corrected chi connectivity index (χ3v) is 4.57. The third-order valence-electron chi connectivity index (χ3n) is 3.13. The number of nitrogens with one attached hydrogen (secondary N) is 3. The van der Waals surface area contributed by atoms with Crippen LogP contribution in [0.5, 0.6) is 0 Å². The number of urea groups is 1. The Morgan fingerprint density at radius 1 is 1.15 bits per heavy atom. The fourth-order valence-electron chi connectivity index (χ4n) is 1.82. The van der Waals surface area contributed by atoms with Gasteiger partial charge in [0.05, 0.1) is 10.5 Å². The number of imide groups is 1. The van der Waals surface area contributed by atoms with Gasteiger partial charge in [-0.15, -0.1) is 6.58 Å². The summed E-state index contributed by atoms with van der Waals surface area (Å²) in [5.41, 5.74) is 0.0592. The maximum absolute atomic E-state index is 12.1. The summed E-state index contributed by atoms with van der Waals surface area (Å²) < 4.78 is 31.2. The van der Waals surface area contributed by atoms with Crippen LogP contribution in [0.4, 0.5) is 4.79 Å². The Morgan fingerprint density at radius 2 is 1.74 bits per heavy atom. The molecule has 0 bridgehead atoms. The number of benzene rings is 1. The molecule has 3 N–H and O–H groups in total. The summed E-state index contributed by atoms with van der Waals surface area (Å²) >= 11 is 0. The van der Waals surface area contributed by atoms with E-state index in [2.05, 4.69) is 21.9 Å². The van der Waals surface area contributed by atoms with E-state index in [-0.39, 0.29) is 23.0 Å². The number of esters is 1. The summed E-state index contributed by atoms with van der Waals surface area (Å²) in [5.74, 6) is -1.61. The third kappa shape index (κ3) is 7.19. The van der Waals surface area contributed by atoms with E-state index in [9.17, 15) is 22.8 Å². The SMILES string of the molecule is C=CCNS(=O)(=O)c1ccc(C(=O)O[C@@H](C)C(=O)NC(=O)NC(C)C)cc1. The summed E-state index contributed by atoms with van der Waals surface area (Å²) in [6, 6.07) is 4.15. The highest BCUT2D eigenvalue weighted by Gasteiger charge is 2.21.